The molecule has 0 radical (unpaired) electrons. The fourth-order valence-electron chi connectivity index (χ4n) is 4.11. The van der Waals surface area contributed by atoms with E-state index >= 15 is 0 Å². The molecule has 174 valence electrons. The number of nitrogens with one attached hydrogen (secondary N) is 1. The molecule has 2 heterocycles. The summed E-state index contributed by atoms with van der Waals surface area (Å²) >= 11 is 6.47. The van der Waals surface area contributed by atoms with Crippen molar-refractivity contribution in [1.82, 2.24) is 10.2 Å². The molecule has 1 amide bonds. The van der Waals surface area contributed by atoms with Crippen molar-refractivity contribution in [2.24, 2.45) is 0 Å². The third kappa shape index (κ3) is 5.32. The number of halogens is 1. The first-order chi connectivity index (χ1) is 15.9. The van der Waals surface area contributed by atoms with Gasteiger partial charge in [-0.15, -0.1) is 0 Å². The fraction of sp³-hybridized carbons (Fsp3) is 0.320. The van der Waals surface area contributed by atoms with Crippen molar-refractivity contribution < 1.29 is 17.6 Å². The first kappa shape index (κ1) is 23.5. The molecule has 2 aromatic carbocycles. The van der Waals surface area contributed by atoms with Gasteiger partial charge in [0.05, 0.1) is 10.9 Å². The van der Waals surface area contributed by atoms with Gasteiger partial charge in [-0.1, -0.05) is 53.9 Å². The molecule has 4 rings (SSSR count). The molecule has 1 fully saturated rings. The van der Waals surface area contributed by atoms with Gasteiger partial charge in [0.1, 0.15) is 0 Å². The summed E-state index contributed by atoms with van der Waals surface area (Å²) in [6.45, 7) is 4.09. The highest BCUT2D eigenvalue weighted by molar-refractivity contribution is 7.91. The van der Waals surface area contributed by atoms with Gasteiger partial charge < -0.3 is 9.73 Å². The summed E-state index contributed by atoms with van der Waals surface area (Å²) in [5.41, 5.74) is 1.92. The summed E-state index contributed by atoms with van der Waals surface area (Å²) in [5, 5.41) is 3.31. The van der Waals surface area contributed by atoms with Gasteiger partial charge >= 0.3 is 0 Å². The summed E-state index contributed by atoms with van der Waals surface area (Å²) in [6, 6.07) is 16.8. The van der Waals surface area contributed by atoms with Crippen molar-refractivity contribution in [3.05, 3.63) is 82.6 Å². The number of nitrogens with zero attached hydrogens (tertiary/aromatic N) is 1. The Balaban J connectivity index is 1.50. The van der Waals surface area contributed by atoms with E-state index in [0.717, 1.165) is 37.1 Å². The topological polar surface area (TPSA) is 79.6 Å². The van der Waals surface area contributed by atoms with Gasteiger partial charge in [0, 0.05) is 11.6 Å². The van der Waals surface area contributed by atoms with Gasteiger partial charge in [-0.2, -0.15) is 0 Å². The lowest BCUT2D eigenvalue weighted by Gasteiger charge is -2.35. The summed E-state index contributed by atoms with van der Waals surface area (Å²) in [5.74, 6) is -0.508. The van der Waals surface area contributed by atoms with Crippen LogP contribution in [-0.4, -0.2) is 38.9 Å². The van der Waals surface area contributed by atoms with Crippen molar-refractivity contribution in [2.45, 2.75) is 42.2 Å². The van der Waals surface area contributed by atoms with Crippen molar-refractivity contribution in [2.75, 3.05) is 19.6 Å². The summed E-state index contributed by atoms with van der Waals surface area (Å²) < 4.78 is 31.1. The van der Waals surface area contributed by atoms with E-state index in [0.29, 0.717) is 11.6 Å². The van der Waals surface area contributed by atoms with Crippen LogP contribution in [0.2, 0.25) is 5.02 Å². The summed E-state index contributed by atoms with van der Waals surface area (Å²) in [7, 11) is -3.84. The van der Waals surface area contributed by atoms with Crippen LogP contribution >= 0.6 is 11.6 Å². The largest absolute Gasteiger partial charge is 0.439 e. The zero-order valence-corrected chi connectivity index (χ0v) is 20.0. The Bertz CT molecular complexity index is 1220. The van der Waals surface area contributed by atoms with Crippen molar-refractivity contribution in [1.29, 1.82) is 0 Å². The molecule has 33 heavy (non-hydrogen) atoms. The third-order valence-corrected chi connectivity index (χ3v) is 7.94. The zero-order valence-electron chi connectivity index (χ0n) is 18.5. The van der Waals surface area contributed by atoms with Crippen LogP contribution < -0.4 is 5.32 Å². The number of hydrogen-bond donors (Lipinski definition) is 1. The van der Waals surface area contributed by atoms with Gasteiger partial charge in [0.15, 0.2) is 5.76 Å². The Morgan fingerprint density at radius 1 is 1.03 bits per heavy atom. The highest BCUT2D eigenvalue weighted by atomic mass is 35.5. The maximum Gasteiger partial charge on any atom is 0.287 e. The maximum atomic E-state index is 12.8. The lowest BCUT2D eigenvalue weighted by Crippen LogP contribution is -2.40. The standard InChI is InChI=1S/C25H27ClN2O4S/c1-18-9-11-19(12-10-18)33(30,31)24-14-13-23(32-24)25(29)27-17-22(28-15-5-2-6-16-28)20-7-3-4-8-21(20)26/h3-4,7-14,22H,2,5-6,15-17H2,1H3,(H,27,29). The van der Waals surface area contributed by atoms with Crippen LogP contribution in [-0.2, 0) is 9.84 Å². The molecule has 1 saturated heterocycles. The summed E-state index contributed by atoms with van der Waals surface area (Å²) in [6.07, 6.45) is 3.41. The molecule has 1 aliphatic heterocycles. The highest BCUT2D eigenvalue weighted by Gasteiger charge is 2.27. The van der Waals surface area contributed by atoms with Crippen LogP contribution in [0.1, 0.15) is 47.0 Å². The number of benzene rings is 2. The molecule has 0 saturated carbocycles. The minimum atomic E-state index is -3.84. The third-order valence-electron chi connectivity index (χ3n) is 5.95. The van der Waals surface area contributed by atoms with E-state index < -0.39 is 15.7 Å². The van der Waals surface area contributed by atoms with Crippen LogP contribution in [0.25, 0.3) is 0 Å². The van der Waals surface area contributed by atoms with Crippen molar-refractivity contribution in [3.8, 4) is 0 Å². The fourth-order valence-corrected chi connectivity index (χ4v) is 5.54. The molecule has 6 nitrogen and oxygen atoms in total. The number of hydrogen-bond acceptors (Lipinski definition) is 5. The Labute approximate surface area is 199 Å². The molecule has 1 atom stereocenters. The number of furan rings is 1. The molecule has 1 aromatic heterocycles. The minimum Gasteiger partial charge on any atom is -0.439 e. The molecular weight excluding hydrogens is 460 g/mol. The Hall–Kier alpha value is -2.61. The molecule has 0 spiro atoms. The molecule has 1 N–H and O–H groups in total. The molecule has 1 aliphatic rings. The lowest BCUT2D eigenvalue weighted by atomic mass is 10.0. The van der Waals surface area contributed by atoms with Crippen LogP contribution in [0.3, 0.4) is 0 Å². The number of carbonyl (C=O) groups excluding carboxylic acids is 1. The number of amides is 1. The van der Waals surface area contributed by atoms with E-state index in [1.54, 1.807) is 12.1 Å². The maximum absolute atomic E-state index is 12.8. The number of rotatable bonds is 7. The van der Waals surface area contributed by atoms with Crippen molar-refractivity contribution >= 4 is 27.3 Å². The van der Waals surface area contributed by atoms with E-state index in [1.165, 1.54) is 30.7 Å². The highest BCUT2D eigenvalue weighted by Crippen LogP contribution is 2.30. The first-order valence-corrected chi connectivity index (χ1v) is 12.9. The molecule has 8 heteroatoms. The Morgan fingerprint density at radius 2 is 1.73 bits per heavy atom. The monoisotopic (exact) mass is 486 g/mol. The van der Waals surface area contributed by atoms with Crippen LogP contribution in [0.4, 0.5) is 0 Å². The quantitative estimate of drug-likeness (QED) is 0.506. The predicted molar refractivity (Wildman–Crippen MR) is 127 cm³/mol. The van der Waals surface area contributed by atoms with E-state index in [1.807, 2.05) is 31.2 Å². The zero-order chi connectivity index (χ0) is 23.4. The van der Waals surface area contributed by atoms with E-state index in [-0.39, 0.29) is 21.8 Å². The molecule has 0 bridgehead atoms. The van der Waals surface area contributed by atoms with Crippen LogP contribution in [0.5, 0.6) is 0 Å². The van der Waals surface area contributed by atoms with E-state index in [9.17, 15) is 13.2 Å². The van der Waals surface area contributed by atoms with Gasteiger partial charge in [0.2, 0.25) is 14.9 Å². The van der Waals surface area contributed by atoms with Crippen LogP contribution in [0.15, 0.2) is 75.1 Å². The SMILES string of the molecule is Cc1ccc(S(=O)(=O)c2ccc(C(=O)NCC(c3ccccc3Cl)N3CCCCC3)o2)cc1. The first-order valence-electron chi connectivity index (χ1n) is 11.0. The average Bonchev–Trinajstić information content (AvgIpc) is 3.33. The molecule has 3 aromatic rings. The normalized spacial score (nSPS) is 15.8. The number of aryl methyl sites for hydroxylation is 1. The lowest BCUT2D eigenvalue weighted by molar-refractivity contribution is 0.0892. The van der Waals surface area contributed by atoms with E-state index in [4.69, 9.17) is 16.0 Å². The number of piperidine rings is 1. The van der Waals surface area contributed by atoms with E-state index in [2.05, 4.69) is 10.2 Å². The van der Waals surface area contributed by atoms with Crippen LogP contribution in [0, 0.1) is 6.92 Å². The second kappa shape index (κ2) is 10.1. The predicted octanol–water partition coefficient (Wildman–Crippen LogP) is 5.03. The molecule has 0 aliphatic carbocycles. The molecule has 1 unspecified atom stereocenters. The number of sulfone groups is 1. The van der Waals surface area contributed by atoms with Crippen molar-refractivity contribution in [3.63, 3.8) is 0 Å². The Kier molecular flexibility index (Phi) is 7.22. The molecular formula is C25H27ClN2O4S. The number of carbonyl (C=O) groups is 1. The smallest absolute Gasteiger partial charge is 0.287 e. The van der Waals surface area contributed by atoms with Gasteiger partial charge in [-0.3, -0.25) is 9.69 Å². The number of likely N-dealkylation sites (tertiary alicyclic amines) is 1. The average molecular weight is 487 g/mol. The Morgan fingerprint density at radius 3 is 2.42 bits per heavy atom. The van der Waals surface area contributed by atoms with Gasteiger partial charge in [0.25, 0.3) is 5.91 Å². The second-order valence-corrected chi connectivity index (χ2v) is 10.6. The summed E-state index contributed by atoms with van der Waals surface area (Å²) in [4.78, 5) is 15.3. The minimum absolute atomic E-state index is 0.0442. The second-order valence-electron chi connectivity index (χ2n) is 8.28. The van der Waals surface area contributed by atoms with Gasteiger partial charge in [-0.25, -0.2) is 8.42 Å². The van der Waals surface area contributed by atoms with Gasteiger partial charge in [-0.05, 0) is 68.8 Å².